The van der Waals surface area contributed by atoms with E-state index in [2.05, 4.69) is 63.7 Å². The average molecular weight is 386 g/mol. The number of anilines is 1. The standard InChI is InChI=1S/C21H31N5S/c1-3-22-21(25(2)14-10-19-8-7-15-27-19)24-17-18-9-11-23-20(16-18)26-12-5-4-6-13-26/h7-9,11,15-16H,3-6,10,12-14,17H2,1-2H3,(H,22,24). The van der Waals surface area contributed by atoms with Gasteiger partial charge in [0, 0.05) is 44.3 Å². The molecule has 0 aromatic carbocycles. The van der Waals surface area contributed by atoms with Gasteiger partial charge in [0.2, 0.25) is 0 Å². The molecule has 0 atom stereocenters. The second kappa shape index (κ2) is 10.3. The number of thiophene rings is 1. The van der Waals surface area contributed by atoms with E-state index >= 15 is 0 Å². The molecule has 1 saturated heterocycles. The number of likely N-dealkylation sites (N-methyl/N-ethyl adjacent to an activating group) is 1. The third-order valence-corrected chi connectivity index (χ3v) is 5.81. The van der Waals surface area contributed by atoms with E-state index < -0.39 is 0 Å². The van der Waals surface area contributed by atoms with Gasteiger partial charge in [0.05, 0.1) is 6.54 Å². The van der Waals surface area contributed by atoms with Gasteiger partial charge in [-0.1, -0.05) is 6.07 Å². The molecule has 27 heavy (non-hydrogen) atoms. The molecule has 0 amide bonds. The van der Waals surface area contributed by atoms with Crippen LogP contribution in [0.4, 0.5) is 5.82 Å². The van der Waals surface area contributed by atoms with Crippen molar-refractivity contribution in [1.29, 1.82) is 0 Å². The fraction of sp³-hybridized carbons (Fsp3) is 0.524. The Morgan fingerprint density at radius 1 is 1.30 bits per heavy atom. The lowest BCUT2D eigenvalue weighted by atomic mass is 10.1. The van der Waals surface area contributed by atoms with Crippen molar-refractivity contribution in [2.75, 3.05) is 38.1 Å². The van der Waals surface area contributed by atoms with Gasteiger partial charge in [-0.2, -0.15) is 0 Å². The fourth-order valence-electron chi connectivity index (χ4n) is 3.33. The number of nitrogens with one attached hydrogen (secondary N) is 1. The van der Waals surface area contributed by atoms with E-state index in [4.69, 9.17) is 4.99 Å². The predicted octanol–water partition coefficient (Wildman–Crippen LogP) is 3.77. The number of rotatable bonds is 7. The molecule has 0 spiro atoms. The van der Waals surface area contributed by atoms with Crippen LogP contribution in [0.15, 0.2) is 40.8 Å². The van der Waals surface area contributed by atoms with Crippen molar-refractivity contribution in [3.63, 3.8) is 0 Å². The highest BCUT2D eigenvalue weighted by atomic mass is 32.1. The Labute approximate surface area is 167 Å². The molecule has 0 unspecified atom stereocenters. The van der Waals surface area contributed by atoms with Crippen LogP contribution in [0.3, 0.4) is 0 Å². The first-order valence-corrected chi connectivity index (χ1v) is 10.9. The van der Waals surface area contributed by atoms with E-state index in [0.29, 0.717) is 6.54 Å². The molecule has 1 aliphatic rings. The Bertz CT molecular complexity index is 707. The van der Waals surface area contributed by atoms with Crippen LogP contribution in [0.1, 0.15) is 36.6 Å². The molecule has 1 aliphatic heterocycles. The molecule has 2 aromatic rings. The van der Waals surface area contributed by atoms with Crippen LogP contribution in [-0.4, -0.2) is 49.1 Å². The molecule has 1 N–H and O–H groups in total. The van der Waals surface area contributed by atoms with E-state index in [-0.39, 0.29) is 0 Å². The average Bonchev–Trinajstić information content (AvgIpc) is 3.24. The number of nitrogens with zero attached hydrogens (tertiary/aromatic N) is 4. The van der Waals surface area contributed by atoms with Crippen molar-refractivity contribution in [2.24, 2.45) is 4.99 Å². The van der Waals surface area contributed by atoms with Crippen LogP contribution in [0.25, 0.3) is 0 Å². The first-order chi connectivity index (χ1) is 13.3. The van der Waals surface area contributed by atoms with Crippen LogP contribution < -0.4 is 10.2 Å². The van der Waals surface area contributed by atoms with Gasteiger partial charge in [-0.05, 0) is 61.7 Å². The molecule has 2 aromatic heterocycles. The minimum absolute atomic E-state index is 0.676. The Morgan fingerprint density at radius 3 is 2.89 bits per heavy atom. The minimum Gasteiger partial charge on any atom is -0.357 e. The quantitative estimate of drug-likeness (QED) is 0.582. The number of pyridine rings is 1. The lowest BCUT2D eigenvalue weighted by molar-refractivity contribution is 0.486. The summed E-state index contributed by atoms with van der Waals surface area (Å²) in [6.07, 6.45) is 6.84. The maximum Gasteiger partial charge on any atom is 0.193 e. The first kappa shape index (κ1) is 19.7. The van der Waals surface area contributed by atoms with Gasteiger partial charge in [0.15, 0.2) is 5.96 Å². The van der Waals surface area contributed by atoms with Crippen molar-refractivity contribution in [2.45, 2.75) is 39.2 Å². The highest BCUT2D eigenvalue weighted by Crippen LogP contribution is 2.18. The fourth-order valence-corrected chi connectivity index (χ4v) is 4.03. The summed E-state index contributed by atoms with van der Waals surface area (Å²) in [4.78, 5) is 15.5. The minimum atomic E-state index is 0.676. The number of guanidine groups is 1. The topological polar surface area (TPSA) is 43.8 Å². The lowest BCUT2D eigenvalue weighted by Gasteiger charge is -2.27. The molecule has 0 aliphatic carbocycles. The highest BCUT2D eigenvalue weighted by molar-refractivity contribution is 7.09. The summed E-state index contributed by atoms with van der Waals surface area (Å²) >= 11 is 1.82. The Morgan fingerprint density at radius 2 is 2.15 bits per heavy atom. The van der Waals surface area contributed by atoms with E-state index in [1.807, 2.05) is 17.5 Å². The second-order valence-corrected chi connectivity index (χ2v) is 8.02. The molecular formula is C21H31N5S. The Balaban J connectivity index is 1.61. The normalized spacial score (nSPS) is 15.0. The van der Waals surface area contributed by atoms with Gasteiger partial charge in [-0.15, -0.1) is 11.3 Å². The van der Waals surface area contributed by atoms with Gasteiger partial charge in [0.25, 0.3) is 0 Å². The van der Waals surface area contributed by atoms with Crippen molar-refractivity contribution >= 4 is 23.1 Å². The third kappa shape index (κ3) is 5.96. The lowest BCUT2D eigenvalue weighted by Crippen LogP contribution is -2.39. The molecule has 146 valence electrons. The Hall–Kier alpha value is -2.08. The summed E-state index contributed by atoms with van der Waals surface area (Å²) in [5.41, 5.74) is 1.22. The van der Waals surface area contributed by atoms with Crippen LogP contribution in [0.5, 0.6) is 0 Å². The van der Waals surface area contributed by atoms with E-state index in [1.165, 1.54) is 29.7 Å². The monoisotopic (exact) mass is 385 g/mol. The van der Waals surface area contributed by atoms with Crippen LogP contribution in [-0.2, 0) is 13.0 Å². The first-order valence-electron chi connectivity index (χ1n) is 9.98. The molecule has 0 radical (unpaired) electrons. The van der Waals surface area contributed by atoms with Gasteiger partial charge < -0.3 is 15.1 Å². The third-order valence-electron chi connectivity index (χ3n) is 4.87. The summed E-state index contributed by atoms with van der Waals surface area (Å²) < 4.78 is 0. The predicted molar refractivity (Wildman–Crippen MR) is 116 cm³/mol. The number of hydrogen-bond acceptors (Lipinski definition) is 4. The highest BCUT2D eigenvalue weighted by Gasteiger charge is 2.12. The summed E-state index contributed by atoms with van der Waals surface area (Å²) in [5.74, 6) is 2.06. The molecule has 1 fully saturated rings. The SMILES string of the molecule is CCNC(=NCc1ccnc(N2CCCCC2)c1)N(C)CCc1cccs1. The van der Waals surface area contributed by atoms with Crippen LogP contribution >= 0.6 is 11.3 Å². The molecule has 0 bridgehead atoms. The van der Waals surface area contributed by atoms with Crippen LogP contribution in [0, 0.1) is 0 Å². The molecular weight excluding hydrogens is 354 g/mol. The molecule has 5 nitrogen and oxygen atoms in total. The van der Waals surface area contributed by atoms with Crippen LogP contribution in [0.2, 0.25) is 0 Å². The molecule has 0 saturated carbocycles. The summed E-state index contributed by atoms with van der Waals surface area (Å²) in [7, 11) is 2.11. The van der Waals surface area contributed by atoms with E-state index in [0.717, 1.165) is 44.4 Å². The number of aliphatic imine (C=N–C) groups is 1. The zero-order valence-corrected chi connectivity index (χ0v) is 17.3. The smallest absolute Gasteiger partial charge is 0.193 e. The summed E-state index contributed by atoms with van der Waals surface area (Å²) in [6, 6.07) is 8.58. The van der Waals surface area contributed by atoms with Gasteiger partial charge in [-0.25, -0.2) is 9.98 Å². The van der Waals surface area contributed by atoms with E-state index in [9.17, 15) is 0 Å². The molecule has 3 rings (SSSR count). The number of piperidine rings is 1. The van der Waals surface area contributed by atoms with E-state index in [1.54, 1.807) is 0 Å². The van der Waals surface area contributed by atoms with Crippen molar-refractivity contribution < 1.29 is 0 Å². The Kier molecular flexibility index (Phi) is 7.51. The zero-order valence-electron chi connectivity index (χ0n) is 16.5. The maximum atomic E-state index is 4.86. The maximum absolute atomic E-state index is 4.86. The van der Waals surface area contributed by atoms with Crippen molar-refractivity contribution in [3.05, 3.63) is 46.3 Å². The van der Waals surface area contributed by atoms with Crippen molar-refractivity contribution in [1.82, 2.24) is 15.2 Å². The second-order valence-electron chi connectivity index (χ2n) is 6.99. The summed E-state index contributed by atoms with van der Waals surface area (Å²) in [6.45, 7) is 6.86. The van der Waals surface area contributed by atoms with Crippen molar-refractivity contribution in [3.8, 4) is 0 Å². The number of aromatic nitrogens is 1. The molecule has 3 heterocycles. The zero-order chi connectivity index (χ0) is 18.9. The largest absolute Gasteiger partial charge is 0.357 e. The van der Waals surface area contributed by atoms with Gasteiger partial charge in [0.1, 0.15) is 5.82 Å². The summed E-state index contributed by atoms with van der Waals surface area (Å²) in [5, 5.41) is 5.55. The molecule has 6 heteroatoms. The van der Waals surface area contributed by atoms with Gasteiger partial charge in [-0.3, -0.25) is 0 Å². The van der Waals surface area contributed by atoms with Gasteiger partial charge >= 0.3 is 0 Å². The number of hydrogen-bond donors (Lipinski definition) is 1.